The Balaban J connectivity index is 2.58. The summed E-state index contributed by atoms with van der Waals surface area (Å²) in [7, 11) is 1.91. The van der Waals surface area contributed by atoms with Crippen molar-refractivity contribution in [2.24, 2.45) is 12.2 Å². The van der Waals surface area contributed by atoms with Crippen molar-refractivity contribution in [3.05, 3.63) is 38.9 Å². The average molecular weight is 266 g/mol. The van der Waals surface area contributed by atoms with E-state index in [2.05, 4.69) is 30.9 Å². The van der Waals surface area contributed by atoms with Crippen LogP contribution in [0.4, 0.5) is 0 Å². The molecule has 0 aliphatic carbocycles. The third kappa shape index (κ3) is 1.82. The molecule has 0 spiro atoms. The molecule has 0 amide bonds. The monoisotopic (exact) mass is 265 g/mol. The smallest absolute Gasteiger partial charge is 0.115 e. The molecule has 15 heavy (non-hydrogen) atoms. The molecule has 1 aromatic carbocycles. The second-order valence-corrected chi connectivity index (χ2v) is 4.02. The summed E-state index contributed by atoms with van der Waals surface area (Å²) >= 11 is 3.41. The first-order chi connectivity index (χ1) is 7.22. The fourth-order valence-corrected chi connectivity index (χ4v) is 1.80. The lowest BCUT2D eigenvalue weighted by Gasteiger charge is -1.98. The van der Waals surface area contributed by atoms with Gasteiger partial charge in [-0.3, -0.25) is 0 Å². The van der Waals surface area contributed by atoms with Gasteiger partial charge in [-0.15, -0.1) is 0 Å². The summed E-state index contributed by atoms with van der Waals surface area (Å²) in [5.41, 5.74) is 10.2. The van der Waals surface area contributed by atoms with Crippen LogP contribution in [0.5, 0.6) is 0 Å². The number of benzene rings is 1. The van der Waals surface area contributed by atoms with Crippen LogP contribution < -0.4 is 0 Å². The summed E-state index contributed by atoms with van der Waals surface area (Å²) in [6, 6.07) is 5.85. The van der Waals surface area contributed by atoms with E-state index in [-0.39, 0.29) is 6.54 Å². The molecule has 0 radical (unpaired) electrons. The number of halogens is 1. The van der Waals surface area contributed by atoms with Crippen LogP contribution in [0, 0.1) is 0 Å². The van der Waals surface area contributed by atoms with Gasteiger partial charge in [0, 0.05) is 16.4 Å². The first kappa shape index (κ1) is 10.0. The molecule has 76 valence electrons. The van der Waals surface area contributed by atoms with E-state index in [4.69, 9.17) is 5.53 Å². The number of azide groups is 1. The van der Waals surface area contributed by atoms with Crippen molar-refractivity contribution >= 4 is 27.0 Å². The standard InChI is InChI=1S/C9H8BrN5/c1-15-8-4-6(10)2-3-7(8)13-9(15)5-12-14-11/h2-4H,5H2,1H3. The van der Waals surface area contributed by atoms with Crippen LogP contribution in [0.1, 0.15) is 5.82 Å². The number of hydrogen-bond donors (Lipinski definition) is 0. The Morgan fingerprint density at radius 2 is 2.40 bits per heavy atom. The van der Waals surface area contributed by atoms with Gasteiger partial charge in [-0.2, -0.15) is 0 Å². The van der Waals surface area contributed by atoms with Crippen molar-refractivity contribution in [1.29, 1.82) is 0 Å². The molecule has 0 saturated carbocycles. The van der Waals surface area contributed by atoms with E-state index >= 15 is 0 Å². The van der Waals surface area contributed by atoms with Crippen molar-refractivity contribution in [2.45, 2.75) is 6.54 Å². The minimum absolute atomic E-state index is 0.277. The number of nitrogens with zero attached hydrogens (tertiary/aromatic N) is 5. The average Bonchev–Trinajstić information content (AvgIpc) is 2.53. The van der Waals surface area contributed by atoms with E-state index in [9.17, 15) is 0 Å². The Labute approximate surface area is 94.5 Å². The van der Waals surface area contributed by atoms with Crippen LogP contribution >= 0.6 is 15.9 Å². The molecule has 0 unspecified atom stereocenters. The Bertz CT molecular complexity index is 553. The van der Waals surface area contributed by atoms with Crippen molar-refractivity contribution in [3.63, 3.8) is 0 Å². The highest BCUT2D eigenvalue weighted by molar-refractivity contribution is 9.10. The Hall–Kier alpha value is -1.52. The highest BCUT2D eigenvalue weighted by Gasteiger charge is 2.06. The van der Waals surface area contributed by atoms with Gasteiger partial charge in [-0.05, 0) is 23.7 Å². The first-order valence-corrected chi connectivity index (χ1v) is 5.13. The lowest BCUT2D eigenvalue weighted by atomic mass is 10.3. The molecular weight excluding hydrogens is 258 g/mol. The summed E-state index contributed by atoms with van der Waals surface area (Å²) in [6.07, 6.45) is 0. The molecule has 2 aromatic rings. The number of rotatable bonds is 2. The highest BCUT2D eigenvalue weighted by Crippen LogP contribution is 2.20. The molecule has 5 nitrogen and oxygen atoms in total. The van der Waals surface area contributed by atoms with Gasteiger partial charge in [0.2, 0.25) is 0 Å². The molecule has 6 heteroatoms. The van der Waals surface area contributed by atoms with Crippen molar-refractivity contribution < 1.29 is 0 Å². The first-order valence-electron chi connectivity index (χ1n) is 4.34. The van der Waals surface area contributed by atoms with E-state index < -0.39 is 0 Å². The van der Waals surface area contributed by atoms with Crippen LogP contribution in [-0.4, -0.2) is 9.55 Å². The van der Waals surface area contributed by atoms with E-state index in [1.165, 1.54) is 0 Å². The van der Waals surface area contributed by atoms with Gasteiger partial charge in [0.25, 0.3) is 0 Å². The zero-order chi connectivity index (χ0) is 10.8. The van der Waals surface area contributed by atoms with Gasteiger partial charge in [-0.25, -0.2) is 4.98 Å². The van der Waals surface area contributed by atoms with Crippen LogP contribution in [-0.2, 0) is 13.6 Å². The molecule has 0 bridgehead atoms. The van der Waals surface area contributed by atoms with E-state index in [0.29, 0.717) is 0 Å². The number of hydrogen-bond acceptors (Lipinski definition) is 2. The van der Waals surface area contributed by atoms with Crippen LogP contribution in [0.25, 0.3) is 21.5 Å². The molecule has 0 saturated heterocycles. The van der Waals surface area contributed by atoms with Gasteiger partial charge in [0.05, 0.1) is 17.6 Å². The van der Waals surface area contributed by atoms with Crippen LogP contribution in [0.2, 0.25) is 0 Å². The molecule has 0 fully saturated rings. The second-order valence-electron chi connectivity index (χ2n) is 3.11. The molecule has 0 N–H and O–H groups in total. The third-order valence-corrected chi connectivity index (χ3v) is 2.70. The Morgan fingerprint density at radius 1 is 1.60 bits per heavy atom. The van der Waals surface area contributed by atoms with Crippen molar-refractivity contribution in [1.82, 2.24) is 9.55 Å². The van der Waals surface area contributed by atoms with Crippen LogP contribution in [0.3, 0.4) is 0 Å². The zero-order valence-electron chi connectivity index (χ0n) is 8.05. The largest absolute Gasteiger partial charge is 0.331 e. The molecule has 2 rings (SSSR count). The quantitative estimate of drug-likeness (QED) is 0.467. The lowest BCUT2D eigenvalue weighted by Crippen LogP contribution is -1.95. The molecule has 0 atom stereocenters. The Morgan fingerprint density at radius 3 is 3.13 bits per heavy atom. The summed E-state index contributed by atoms with van der Waals surface area (Å²) in [5, 5.41) is 3.51. The van der Waals surface area contributed by atoms with Gasteiger partial charge >= 0.3 is 0 Å². The maximum absolute atomic E-state index is 8.25. The van der Waals surface area contributed by atoms with Gasteiger partial charge in [0.1, 0.15) is 5.82 Å². The van der Waals surface area contributed by atoms with Crippen molar-refractivity contribution in [3.8, 4) is 0 Å². The predicted octanol–water partition coefficient (Wildman–Crippen LogP) is 3.15. The molecule has 1 aromatic heterocycles. The van der Waals surface area contributed by atoms with Gasteiger partial charge in [0.15, 0.2) is 0 Å². The van der Waals surface area contributed by atoms with E-state index in [0.717, 1.165) is 21.3 Å². The topological polar surface area (TPSA) is 66.6 Å². The number of aromatic nitrogens is 2. The minimum atomic E-state index is 0.277. The normalized spacial score (nSPS) is 10.3. The molecule has 0 aliphatic rings. The summed E-state index contributed by atoms with van der Waals surface area (Å²) in [6.45, 7) is 0.277. The number of imidazole rings is 1. The van der Waals surface area contributed by atoms with Crippen molar-refractivity contribution in [2.75, 3.05) is 0 Å². The number of fused-ring (bicyclic) bond motifs is 1. The fourth-order valence-electron chi connectivity index (χ4n) is 1.45. The predicted molar refractivity (Wildman–Crippen MR) is 61.3 cm³/mol. The summed E-state index contributed by atoms with van der Waals surface area (Å²) in [4.78, 5) is 7.09. The van der Waals surface area contributed by atoms with Crippen LogP contribution in [0.15, 0.2) is 27.8 Å². The highest BCUT2D eigenvalue weighted by atomic mass is 79.9. The maximum atomic E-state index is 8.25. The van der Waals surface area contributed by atoms with Gasteiger partial charge < -0.3 is 4.57 Å². The SMILES string of the molecule is Cn1c(CN=[N+]=[N-])nc2ccc(Br)cc21. The summed E-state index contributed by atoms with van der Waals surface area (Å²) in [5.74, 6) is 0.765. The summed E-state index contributed by atoms with van der Waals surface area (Å²) < 4.78 is 2.93. The third-order valence-electron chi connectivity index (χ3n) is 2.21. The molecule has 1 heterocycles. The second kappa shape index (κ2) is 3.92. The maximum Gasteiger partial charge on any atom is 0.115 e. The molecule has 0 aliphatic heterocycles. The number of aryl methyl sites for hydroxylation is 1. The van der Waals surface area contributed by atoms with Gasteiger partial charge in [-0.1, -0.05) is 21.0 Å². The lowest BCUT2D eigenvalue weighted by molar-refractivity contribution is 0.809. The fraction of sp³-hybridized carbons (Fsp3) is 0.222. The Kier molecular flexibility index (Phi) is 2.62. The zero-order valence-corrected chi connectivity index (χ0v) is 9.64. The minimum Gasteiger partial charge on any atom is -0.331 e. The van der Waals surface area contributed by atoms with E-state index in [1.807, 2.05) is 29.8 Å². The van der Waals surface area contributed by atoms with E-state index in [1.54, 1.807) is 0 Å². The molecular formula is C9H8BrN5.